The summed E-state index contributed by atoms with van der Waals surface area (Å²) < 4.78 is 0. The molecule has 2 N–H and O–H groups in total. The molecule has 0 unspecified atom stereocenters. The molecule has 5 rings (SSSR count). The zero-order valence-electron chi connectivity index (χ0n) is 21.6. The maximum absolute atomic E-state index is 13.7. The van der Waals surface area contributed by atoms with E-state index in [4.69, 9.17) is 23.2 Å². The maximum atomic E-state index is 13.7. The number of nitrogens with zero attached hydrogens (tertiary/aromatic N) is 2. The molecule has 0 saturated carbocycles. The van der Waals surface area contributed by atoms with Crippen molar-refractivity contribution in [2.45, 2.75) is 32.5 Å². The van der Waals surface area contributed by atoms with Gasteiger partial charge >= 0.3 is 6.03 Å². The zero-order valence-corrected chi connectivity index (χ0v) is 23.1. The Morgan fingerprint density at radius 3 is 2.38 bits per heavy atom. The van der Waals surface area contributed by atoms with Crippen LogP contribution in [-0.2, 0) is 16.1 Å². The molecule has 7 nitrogen and oxygen atoms in total. The van der Waals surface area contributed by atoms with Crippen LogP contribution in [0, 0.1) is 0 Å². The van der Waals surface area contributed by atoms with Crippen molar-refractivity contribution in [2.24, 2.45) is 0 Å². The largest absolute Gasteiger partial charge is 0.350 e. The predicted molar refractivity (Wildman–Crippen MR) is 152 cm³/mol. The van der Waals surface area contributed by atoms with Gasteiger partial charge in [-0.1, -0.05) is 83.9 Å². The van der Waals surface area contributed by atoms with Gasteiger partial charge in [0.2, 0.25) is 5.91 Å². The second kappa shape index (κ2) is 11.1. The summed E-state index contributed by atoms with van der Waals surface area (Å²) in [7, 11) is 0. The molecular weight excluding hydrogens is 535 g/mol. The first-order valence-electron chi connectivity index (χ1n) is 12.8. The Balaban J connectivity index is 1.30. The number of nitrogens with one attached hydrogen (secondary N) is 2. The lowest BCUT2D eigenvalue weighted by Gasteiger charge is -2.33. The minimum absolute atomic E-state index is 0.150. The quantitative estimate of drug-likeness (QED) is 0.396. The van der Waals surface area contributed by atoms with Crippen LogP contribution in [-0.4, -0.2) is 46.8 Å². The smallest absolute Gasteiger partial charge is 0.322 e. The highest BCUT2D eigenvalue weighted by Crippen LogP contribution is 2.39. The number of likely N-dealkylation sites (N-methyl/N-ethyl adjacent to an activating group) is 1. The number of rotatable bonds is 7. The Labute approximate surface area is 237 Å². The third kappa shape index (κ3) is 5.24. The van der Waals surface area contributed by atoms with Crippen LogP contribution in [0.2, 0.25) is 10.0 Å². The van der Waals surface area contributed by atoms with Crippen molar-refractivity contribution in [3.05, 3.63) is 105 Å². The zero-order chi connectivity index (χ0) is 27.7. The van der Waals surface area contributed by atoms with Crippen LogP contribution in [0.25, 0.3) is 11.1 Å². The predicted octanol–water partition coefficient (Wildman–Crippen LogP) is 5.55. The average Bonchev–Trinajstić information content (AvgIpc) is 3.28. The number of halogens is 2. The van der Waals surface area contributed by atoms with Crippen molar-refractivity contribution < 1.29 is 14.4 Å². The molecular formula is C30H28Cl2N4O3. The van der Waals surface area contributed by atoms with Crippen LogP contribution < -0.4 is 10.6 Å². The first-order chi connectivity index (χ1) is 18.8. The molecule has 2 heterocycles. The highest BCUT2D eigenvalue weighted by Gasteiger charge is 2.46. The van der Waals surface area contributed by atoms with E-state index >= 15 is 0 Å². The molecule has 0 saturated heterocycles. The molecule has 9 heteroatoms. The van der Waals surface area contributed by atoms with Gasteiger partial charge in [0.1, 0.15) is 6.04 Å². The van der Waals surface area contributed by atoms with E-state index in [1.165, 1.54) is 9.80 Å². The van der Waals surface area contributed by atoms with Crippen LogP contribution in [0.3, 0.4) is 0 Å². The van der Waals surface area contributed by atoms with Gasteiger partial charge in [0, 0.05) is 23.1 Å². The monoisotopic (exact) mass is 562 g/mol. The lowest BCUT2D eigenvalue weighted by molar-refractivity contribution is -0.135. The Kier molecular flexibility index (Phi) is 7.64. The fourth-order valence-electron chi connectivity index (χ4n) is 5.05. The number of hydrogen-bond donors (Lipinski definition) is 2. The van der Waals surface area contributed by atoms with Crippen molar-refractivity contribution in [2.75, 3.05) is 13.1 Å². The van der Waals surface area contributed by atoms with Crippen molar-refractivity contribution in [1.82, 2.24) is 20.4 Å². The van der Waals surface area contributed by atoms with E-state index in [1.54, 1.807) is 25.1 Å². The third-order valence-electron chi connectivity index (χ3n) is 7.21. The molecule has 0 radical (unpaired) electrons. The summed E-state index contributed by atoms with van der Waals surface area (Å²) in [5.41, 5.74) is 4.74. The Hall–Kier alpha value is -3.81. The molecule has 3 aromatic rings. The maximum Gasteiger partial charge on any atom is 0.322 e. The molecule has 200 valence electrons. The molecule has 2 aliphatic rings. The van der Waals surface area contributed by atoms with Crippen LogP contribution in [0.15, 0.2) is 84.1 Å². The Morgan fingerprint density at radius 2 is 1.72 bits per heavy atom. The normalized spacial score (nSPS) is 17.7. The van der Waals surface area contributed by atoms with Gasteiger partial charge in [-0.05, 0) is 48.2 Å². The van der Waals surface area contributed by atoms with E-state index in [-0.39, 0.29) is 24.4 Å². The second-order valence-electron chi connectivity index (χ2n) is 9.54. The molecule has 39 heavy (non-hydrogen) atoms. The van der Waals surface area contributed by atoms with Gasteiger partial charge in [0.25, 0.3) is 5.91 Å². The van der Waals surface area contributed by atoms with Gasteiger partial charge in [0.15, 0.2) is 0 Å². The van der Waals surface area contributed by atoms with Crippen LogP contribution in [0.1, 0.15) is 31.0 Å². The van der Waals surface area contributed by atoms with Crippen LogP contribution in [0.4, 0.5) is 4.79 Å². The van der Waals surface area contributed by atoms with Crippen molar-refractivity contribution in [3.8, 4) is 11.1 Å². The number of hydrogen-bond acceptors (Lipinski definition) is 3. The lowest BCUT2D eigenvalue weighted by Crippen LogP contribution is -2.47. The SMILES string of the molecule is CCN1C(=O)N[C@@H](c2ccc(Cl)cc2Cl)C2=C1CN([C@H](C)C(=O)NCc1ccc(-c3ccccc3)cc1)C2=O. The molecule has 2 atom stereocenters. The second-order valence-corrected chi connectivity index (χ2v) is 10.4. The Bertz CT molecular complexity index is 1460. The fraction of sp³-hybridized carbons (Fsp3) is 0.233. The molecule has 0 aliphatic carbocycles. The highest BCUT2D eigenvalue weighted by molar-refractivity contribution is 6.35. The van der Waals surface area contributed by atoms with Gasteiger partial charge < -0.3 is 15.5 Å². The summed E-state index contributed by atoms with van der Waals surface area (Å²) in [4.78, 5) is 42.8. The third-order valence-corrected chi connectivity index (χ3v) is 7.78. The molecule has 2 aliphatic heterocycles. The number of carbonyl (C=O) groups excluding carboxylic acids is 3. The van der Waals surface area contributed by atoms with E-state index in [1.807, 2.05) is 61.5 Å². The minimum atomic E-state index is -0.748. The van der Waals surface area contributed by atoms with E-state index in [0.717, 1.165) is 16.7 Å². The first-order valence-corrected chi connectivity index (χ1v) is 13.5. The summed E-state index contributed by atoms with van der Waals surface area (Å²) in [6.45, 7) is 4.40. The number of amides is 4. The lowest BCUT2D eigenvalue weighted by atomic mass is 9.95. The number of benzene rings is 3. The van der Waals surface area contributed by atoms with Gasteiger partial charge in [-0.15, -0.1) is 0 Å². The summed E-state index contributed by atoms with van der Waals surface area (Å²) >= 11 is 12.5. The number of urea groups is 1. The van der Waals surface area contributed by atoms with Crippen molar-refractivity contribution >= 4 is 41.0 Å². The molecule has 3 aromatic carbocycles. The van der Waals surface area contributed by atoms with E-state index in [9.17, 15) is 14.4 Å². The molecule has 0 aromatic heterocycles. The molecule has 4 amide bonds. The van der Waals surface area contributed by atoms with E-state index in [0.29, 0.717) is 40.0 Å². The van der Waals surface area contributed by atoms with Crippen LogP contribution in [0.5, 0.6) is 0 Å². The molecule has 0 fully saturated rings. The van der Waals surface area contributed by atoms with Gasteiger partial charge in [0.05, 0.1) is 23.9 Å². The highest BCUT2D eigenvalue weighted by atomic mass is 35.5. The van der Waals surface area contributed by atoms with Gasteiger partial charge in [-0.3, -0.25) is 14.5 Å². The van der Waals surface area contributed by atoms with E-state index < -0.39 is 12.1 Å². The van der Waals surface area contributed by atoms with Crippen molar-refractivity contribution in [1.29, 1.82) is 0 Å². The average molecular weight is 563 g/mol. The standard InChI is InChI=1S/C30H28Cl2N4O3/c1-3-35-25-17-36(29(38)26(25)27(34-30(35)39)23-14-13-22(31)15-24(23)32)18(2)28(37)33-16-19-9-11-21(12-10-19)20-7-5-4-6-8-20/h4-15,18,27H,3,16-17H2,1-2H3,(H,33,37)(H,34,39)/t18-,27+/m1/s1. The number of carbonyl (C=O) groups is 3. The fourth-order valence-corrected chi connectivity index (χ4v) is 5.57. The summed E-state index contributed by atoms with van der Waals surface area (Å²) in [6.07, 6.45) is 0. The van der Waals surface area contributed by atoms with Gasteiger partial charge in [-0.25, -0.2) is 4.79 Å². The van der Waals surface area contributed by atoms with Crippen LogP contribution >= 0.6 is 23.2 Å². The molecule has 0 bridgehead atoms. The summed E-state index contributed by atoms with van der Waals surface area (Å²) in [6, 6.07) is 21.2. The topological polar surface area (TPSA) is 81.8 Å². The minimum Gasteiger partial charge on any atom is -0.350 e. The van der Waals surface area contributed by atoms with Gasteiger partial charge in [-0.2, -0.15) is 0 Å². The summed E-state index contributed by atoms with van der Waals surface area (Å²) in [5.74, 6) is -0.590. The Morgan fingerprint density at radius 1 is 1.03 bits per heavy atom. The van der Waals surface area contributed by atoms with Crippen molar-refractivity contribution in [3.63, 3.8) is 0 Å². The summed E-state index contributed by atoms with van der Waals surface area (Å²) in [5, 5.41) is 6.65. The van der Waals surface area contributed by atoms with E-state index in [2.05, 4.69) is 10.6 Å². The first kappa shape index (κ1) is 26.8. The molecule has 0 spiro atoms.